The number of ketones is 1. The molecule has 0 spiro atoms. The van der Waals surface area contributed by atoms with Crippen molar-refractivity contribution >= 4 is 17.4 Å². The molecular weight excluding hydrogens is 257 g/mol. The summed E-state index contributed by atoms with van der Waals surface area (Å²) in [5.41, 5.74) is 0.602. The Labute approximate surface area is 101 Å². The molecule has 2 nitrogen and oxygen atoms in total. The minimum Gasteiger partial charge on any atom is -0.405 e. The molecule has 0 N–H and O–H groups in total. The summed E-state index contributed by atoms with van der Waals surface area (Å²) in [6, 6.07) is 3.98. The summed E-state index contributed by atoms with van der Waals surface area (Å²) in [5.74, 6) is -1.50. The standard InChI is InChI=1S/C11H10ClF3O2/c1-2-7-3-4-10(17-11(13,14)15)8(5-7)9(16)6-12/h3-5H,2,6H2,1H3. The molecule has 0 aliphatic heterocycles. The van der Waals surface area contributed by atoms with Gasteiger partial charge in [-0.25, -0.2) is 0 Å². The van der Waals surface area contributed by atoms with E-state index in [0.29, 0.717) is 6.42 Å². The van der Waals surface area contributed by atoms with Crippen molar-refractivity contribution in [3.8, 4) is 5.75 Å². The van der Waals surface area contributed by atoms with Crippen molar-refractivity contribution in [2.45, 2.75) is 19.7 Å². The summed E-state index contributed by atoms with van der Waals surface area (Å²) < 4.78 is 40.1. The summed E-state index contributed by atoms with van der Waals surface area (Å²) in [6.45, 7) is 1.83. The van der Waals surface area contributed by atoms with Gasteiger partial charge in [-0.3, -0.25) is 4.79 Å². The van der Waals surface area contributed by atoms with Crippen molar-refractivity contribution in [1.29, 1.82) is 0 Å². The lowest BCUT2D eigenvalue weighted by atomic mass is 10.1. The highest BCUT2D eigenvalue weighted by molar-refractivity contribution is 6.30. The lowest BCUT2D eigenvalue weighted by Crippen LogP contribution is -2.19. The minimum atomic E-state index is -4.82. The van der Waals surface area contributed by atoms with E-state index in [4.69, 9.17) is 11.6 Å². The molecule has 1 rings (SSSR count). The Kier molecular flexibility index (Phi) is 4.40. The molecule has 0 bridgehead atoms. The molecule has 0 radical (unpaired) electrons. The number of benzene rings is 1. The van der Waals surface area contributed by atoms with E-state index in [0.717, 1.165) is 11.6 Å². The van der Waals surface area contributed by atoms with Gasteiger partial charge in [-0.1, -0.05) is 13.0 Å². The molecule has 1 aromatic rings. The van der Waals surface area contributed by atoms with Gasteiger partial charge in [0.05, 0.1) is 11.4 Å². The van der Waals surface area contributed by atoms with Crippen LogP contribution >= 0.6 is 11.6 Å². The highest BCUT2D eigenvalue weighted by Crippen LogP contribution is 2.28. The third-order valence-corrected chi connectivity index (χ3v) is 2.34. The Hall–Kier alpha value is -1.23. The number of alkyl halides is 4. The van der Waals surface area contributed by atoms with Crippen LogP contribution in [0.25, 0.3) is 0 Å². The molecule has 1 aromatic carbocycles. The van der Waals surface area contributed by atoms with Crippen LogP contribution in [0.15, 0.2) is 18.2 Å². The van der Waals surface area contributed by atoms with Gasteiger partial charge in [0.2, 0.25) is 0 Å². The highest BCUT2D eigenvalue weighted by Gasteiger charge is 2.32. The molecule has 0 unspecified atom stereocenters. The van der Waals surface area contributed by atoms with Crippen molar-refractivity contribution in [1.82, 2.24) is 0 Å². The summed E-state index contributed by atoms with van der Waals surface area (Å²) in [7, 11) is 0. The smallest absolute Gasteiger partial charge is 0.405 e. The van der Waals surface area contributed by atoms with Crippen molar-refractivity contribution in [3.63, 3.8) is 0 Å². The second kappa shape index (κ2) is 5.40. The Balaban J connectivity index is 3.15. The van der Waals surface area contributed by atoms with E-state index in [9.17, 15) is 18.0 Å². The SMILES string of the molecule is CCc1ccc(OC(F)(F)F)c(C(=O)CCl)c1. The van der Waals surface area contributed by atoms with E-state index < -0.39 is 17.9 Å². The summed E-state index contributed by atoms with van der Waals surface area (Å²) in [6.07, 6.45) is -4.22. The number of carbonyl (C=O) groups is 1. The summed E-state index contributed by atoms with van der Waals surface area (Å²) in [4.78, 5) is 11.4. The molecule has 0 atom stereocenters. The summed E-state index contributed by atoms with van der Waals surface area (Å²) in [5, 5.41) is 0. The monoisotopic (exact) mass is 266 g/mol. The summed E-state index contributed by atoms with van der Waals surface area (Å²) >= 11 is 5.34. The first kappa shape index (κ1) is 13.8. The van der Waals surface area contributed by atoms with Crippen molar-refractivity contribution in [2.75, 3.05) is 5.88 Å². The lowest BCUT2D eigenvalue weighted by molar-refractivity contribution is -0.274. The number of ether oxygens (including phenoxy) is 1. The molecular formula is C11H10ClF3O2. The number of Topliss-reactive ketones (excluding diaryl/α,β-unsaturated/α-hetero) is 1. The van der Waals surface area contributed by atoms with Crippen molar-refractivity contribution in [3.05, 3.63) is 29.3 Å². The van der Waals surface area contributed by atoms with Gasteiger partial charge >= 0.3 is 6.36 Å². The first-order valence-electron chi connectivity index (χ1n) is 4.85. The highest BCUT2D eigenvalue weighted by atomic mass is 35.5. The van der Waals surface area contributed by atoms with E-state index >= 15 is 0 Å². The molecule has 6 heteroatoms. The third-order valence-electron chi connectivity index (χ3n) is 2.10. The lowest BCUT2D eigenvalue weighted by Gasteiger charge is -2.13. The van der Waals surface area contributed by atoms with Gasteiger partial charge in [-0.15, -0.1) is 24.8 Å². The van der Waals surface area contributed by atoms with Crippen LogP contribution in [-0.4, -0.2) is 18.0 Å². The maximum absolute atomic E-state index is 12.1. The molecule has 0 heterocycles. The fourth-order valence-corrected chi connectivity index (χ4v) is 1.44. The number of carbonyl (C=O) groups excluding carboxylic acids is 1. The molecule has 0 aliphatic carbocycles. The van der Waals surface area contributed by atoms with E-state index in [1.54, 1.807) is 0 Å². The number of aryl methyl sites for hydroxylation is 1. The average molecular weight is 267 g/mol. The van der Waals surface area contributed by atoms with Crippen LogP contribution in [0.5, 0.6) is 5.75 Å². The topological polar surface area (TPSA) is 26.3 Å². The fourth-order valence-electron chi connectivity index (χ4n) is 1.30. The quantitative estimate of drug-likeness (QED) is 0.615. The van der Waals surface area contributed by atoms with E-state index in [1.807, 2.05) is 6.92 Å². The number of hydrogen-bond acceptors (Lipinski definition) is 2. The predicted molar refractivity (Wildman–Crippen MR) is 57.6 cm³/mol. The number of halogens is 4. The Morgan fingerprint density at radius 2 is 2.06 bits per heavy atom. The first-order chi connectivity index (χ1) is 7.87. The van der Waals surface area contributed by atoms with Gasteiger partial charge in [0.1, 0.15) is 5.75 Å². The van der Waals surface area contributed by atoms with Crippen molar-refractivity contribution < 1.29 is 22.7 Å². The van der Waals surface area contributed by atoms with Crippen LogP contribution < -0.4 is 4.74 Å². The van der Waals surface area contributed by atoms with Crippen LogP contribution in [0.3, 0.4) is 0 Å². The van der Waals surface area contributed by atoms with Gasteiger partial charge in [0, 0.05) is 0 Å². The maximum atomic E-state index is 12.1. The van der Waals surface area contributed by atoms with Crippen LogP contribution in [0.2, 0.25) is 0 Å². The molecule has 17 heavy (non-hydrogen) atoms. The van der Waals surface area contributed by atoms with Crippen LogP contribution in [0, 0.1) is 0 Å². The van der Waals surface area contributed by atoms with Gasteiger partial charge in [0.25, 0.3) is 0 Å². The largest absolute Gasteiger partial charge is 0.573 e. The predicted octanol–water partition coefficient (Wildman–Crippen LogP) is 3.57. The zero-order valence-electron chi connectivity index (χ0n) is 8.97. The van der Waals surface area contributed by atoms with Crippen LogP contribution in [0.4, 0.5) is 13.2 Å². The molecule has 0 fully saturated rings. The molecule has 0 saturated carbocycles. The van der Waals surface area contributed by atoms with E-state index in [-0.39, 0.29) is 11.4 Å². The van der Waals surface area contributed by atoms with E-state index in [2.05, 4.69) is 4.74 Å². The van der Waals surface area contributed by atoms with E-state index in [1.165, 1.54) is 12.1 Å². The number of rotatable bonds is 4. The molecule has 0 aliphatic rings. The van der Waals surface area contributed by atoms with Crippen molar-refractivity contribution in [2.24, 2.45) is 0 Å². The minimum absolute atomic E-state index is 0.142. The second-order valence-electron chi connectivity index (χ2n) is 3.29. The number of hydrogen-bond donors (Lipinski definition) is 0. The Bertz CT molecular complexity index is 416. The zero-order valence-corrected chi connectivity index (χ0v) is 9.73. The Morgan fingerprint density at radius 3 is 2.53 bits per heavy atom. The molecule has 0 amide bonds. The molecule has 94 valence electrons. The van der Waals surface area contributed by atoms with Gasteiger partial charge in [-0.2, -0.15) is 0 Å². The van der Waals surface area contributed by atoms with Crippen LogP contribution in [-0.2, 0) is 6.42 Å². The molecule has 0 aromatic heterocycles. The second-order valence-corrected chi connectivity index (χ2v) is 3.56. The van der Waals surface area contributed by atoms with Gasteiger partial charge < -0.3 is 4.74 Å². The normalized spacial score (nSPS) is 11.4. The zero-order chi connectivity index (χ0) is 13.1. The third kappa shape index (κ3) is 3.93. The fraction of sp³-hybridized carbons (Fsp3) is 0.364. The molecule has 0 saturated heterocycles. The van der Waals surface area contributed by atoms with Gasteiger partial charge in [-0.05, 0) is 24.1 Å². The van der Waals surface area contributed by atoms with Gasteiger partial charge in [0.15, 0.2) is 5.78 Å². The Morgan fingerprint density at radius 1 is 1.41 bits per heavy atom. The average Bonchev–Trinajstić information content (AvgIpc) is 2.26. The maximum Gasteiger partial charge on any atom is 0.573 e. The van der Waals surface area contributed by atoms with Crippen LogP contribution in [0.1, 0.15) is 22.8 Å². The first-order valence-corrected chi connectivity index (χ1v) is 5.38.